The van der Waals surface area contributed by atoms with Gasteiger partial charge >= 0.3 is 0 Å². The Kier molecular flexibility index (Phi) is 8.04. The fourth-order valence-electron chi connectivity index (χ4n) is 1.70. The second-order valence-electron chi connectivity index (χ2n) is 6.13. The Hall–Kier alpha value is -0.0800. The van der Waals surface area contributed by atoms with E-state index in [-0.39, 0.29) is 0 Å². The lowest BCUT2D eigenvalue weighted by Crippen LogP contribution is -2.32. The Morgan fingerprint density at radius 3 is 2.25 bits per heavy atom. The van der Waals surface area contributed by atoms with Gasteiger partial charge in [0, 0.05) is 13.2 Å². The number of rotatable bonds is 8. The molecule has 0 rings (SSSR count). The minimum atomic E-state index is 0.364. The molecular weight excluding hydrogens is 198 g/mol. The first kappa shape index (κ1) is 15.9. The summed E-state index contributed by atoms with van der Waals surface area (Å²) in [5.41, 5.74) is 0.364. The van der Waals surface area contributed by atoms with Crippen molar-refractivity contribution < 1.29 is 4.74 Å². The molecule has 0 fully saturated rings. The molecule has 0 saturated carbocycles. The summed E-state index contributed by atoms with van der Waals surface area (Å²) >= 11 is 0. The average Bonchev–Trinajstić information content (AvgIpc) is 2.14. The topological polar surface area (TPSA) is 21.3 Å². The number of hydrogen-bond donors (Lipinski definition) is 1. The molecule has 98 valence electrons. The number of nitrogens with one attached hydrogen (secondary N) is 1. The van der Waals surface area contributed by atoms with E-state index in [2.05, 4.69) is 46.9 Å². The molecular formula is C14H31NO. The van der Waals surface area contributed by atoms with Crippen LogP contribution >= 0.6 is 0 Å². The van der Waals surface area contributed by atoms with Crippen LogP contribution in [0.25, 0.3) is 0 Å². The highest BCUT2D eigenvalue weighted by Gasteiger charge is 2.23. The molecule has 0 saturated heterocycles. The molecule has 0 spiro atoms. The van der Waals surface area contributed by atoms with Gasteiger partial charge in [-0.25, -0.2) is 0 Å². The Labute approximate surface area is 102 Å². The maximum absolute atomic E-state index is 5.67. The van der Waals surface area contributed by atoms with Crippen molar-refractivity contribution in [2.45, 2.75) is 48.0 Å². The van der Waals surface area contributed by atoms with Crippen molar-refractivity contribution in [2.24, 2.45) is 17.3 Å². The Morgan fingerprint density at radius 2 is 1.81 bits per heavy atom. The van der Waals surface area contributed by atoms with Crippen LogP contribution in [-0.2, 0) is 4.74 Å². The molecule has 2 nitrogen and oxygen atoms in total. The summed E-state index contributed by atoms with van der Waals surface area (Å²) in [7, 11) is 0. The zero-order valence-electron chi connectivity index (χ0n) is 12.1. The fraction of sp³-hybridized carbons (Fsp3) is 1.00. The predicted octanol–water partition coefficient (Wildman–Crippen LogP) is 3.32. The maximum atomic E-state index is 5.67. The number of ether oxygens (including phenoxy) is 1. The van der Waals surface area contributed by atoms with Crippen LogP contribution in [0, 0.1) is 17.3 Å². The lowest BCUT2D eigenvalue weighted by atomic mass is 9.79. The highest BCUT2D eigenvalue weighted by atomic mass is 16.5. The quantitative estimate of drug-likeness (QED) is 0.645. The van der Waals surface area contributed by atoms with Crippen LogP contribution in [0.1, 0.15) is 48.0 Å². The SMILES string of the molecule is CCNCC(CCOCC(C)C)C(C)(C)C. The van der Waals surface area contributed by atoms with Crippen molar-refractivity contribution in [3.05, 3.63) is 0 Å². The van der Waals surface area contributed by atoms with Gasteiger partial charge in [-0.1, -0.05) is 41.5 Å². The van der Waals surface area contributed by atoms with Crippen LogP contribution in [0.5, 0.6) is 0 Å². The van der Waals surface area contributed by atoms with Crippen LogP contribution in [0.3, 0.4) is 0 Å². The van der Waals surface area contributed by atoms with Crippen molar-refractivity contribution in [3.63, 3.8) is 0 Å². The summed E-state index contributed by atoms with van der Waals surface area (Å²) in [4.78, 5) is 0. The highest BCUT2D eigenvalue weighted by Crippen LogP contribution is 2.28. The summed E-state index contributed by atoms with van der Waals surface area (Å²) in [5.74, 6) is 1.33. The third-order valence-electron chi connectivity index (χ3n) is 2.93. The Balaban J connectivity index is 3.84. The zero-order valence-corrected chi connectivity index (χ0v) is 12.1. The average molecular weight is 229 g/mol. The second-order valence-corrected chi connectivity index (χ2v) is 6.13. The standard InChI is InChI=1S/C14H31NO/c1-7-15-10-13(14(4,5)6)8-9-16-11-12(2)3/h12-13,15H,7-11H2,1-6H3. The molecule has 0 aromatic rings. The summed E-state index contributed by atoms with van der Waals surface area (Å²) < 4.78 is 5.67. The van der Waals surface area contributed by atoms with Gasteiger partial charge in [0.1, 0.15) is 0 Å². The Bertz CT molecular complexity index is 161. The molecule has 1 N–H and O–H groups in total. The summed E-state index contributed by atoms with van der Waals surface area (Å²) in [6.45, 7) is 17.4. The van der Waals surface area contributed by atoms with E-state index in [1.807, 2.05) is 0 Å². The first-order valence-corrected chi connectivity index (χ1v) is 6.66. The van der Waals surface area contributed by atoms with Crippen molar-refractivity contribution in [3.8, 4) is 0 Å². The second kappa shape index (κ2) is 8.08. The van der Waals surface area contributed by atoms with Gasteiger partial charge in [-0.3, -0.25) is 0 Å². The van der Waals surface area contributed by atoms with E-state index in [1.165, 1.54) is 0 Å². The summed E-state index contributed by atoms with van der Waals surface area (Å²) in [5, 5.41) is 3.45. The molecule has 0 aliphatic heterocycles. The molecule has 2 heteroatoms. The van der Waals surface area contributed by atoms with E-state index in [1.54, 1.807) is 0 Å². The van der Waals surface area contributed by atoms with Gasteiger partial charge in [0.05, 0.1) is 0 Å². The summed E-state index contributed by atoms with van der Waals surface area (Å²) in [6.07, 6.45) is 1.16. The third-order valence-corrected chi connectivity index (χ3v) is 2.93. The molecule has 0 heterocycles. The van der Waals surface area contributed by atoms with Crippen LogP contribution in [0.4, 0.5) is 0 Å². The molecule has 0 aliphatic carbocycles. The van der Waals surface area contributed by atoms with Gasteiger partial charge in [-0.15, -0.1) is 0 Å². The normalized spacial score (nSPS) is 14.4. The molecule has 1 unspecified atom stereocenters. The van der Waals surface area contributed by atoms with Crippen molar-refractivity contribution >= 4 is 0 Å². The molecule has 0 radical (unpaired) electrons. The molecule has 0 bridgehead atoms. The van der Waals surface area contributed by atoms with Gasteiger partial charge in [0.25, 0.3) is 0 Å². The van der Waals surface area contributed by atoms with E-state index >= 15 is 0 Å². The molecule has 0 aromatic carbocycles. The van der Waals surface area contributed by atoms with Crippen molar-refractivity contribution in [1.82, 2.24) is 5.32 Å². The lowest BCUT2D eigenvalue weighted by molar-refractivity contribution is 0.0800. The van der Waals surface area contributed by atoms with E-state index in [0.29, 0.717) is 17.3 Å². The first-order chi connectivity index (χ1) is 7.38. The fourth-order valence-corrected chi connectivity index (χ4v) is 1.70. The predicted molar refractivity (Wildman–Crippen MR) is 71.8 cm³/mol. The minimum Gasteiger partial charge on any atom is -0.381 e. The third kappa shape index (κ3) is 8.12. The largest absolute Gasteiger partial charge is 0.381 e. The van der Waals surface area contributed by atoms with Crippen LogP contribution in [0.15, 0.2) is 0 Å². The van der Waals surface area contributed by atoms with Gasteiger partial charge in [-0.05, 0) is 36.8 Å². The Morgan fingerprint density at radius 1 is 1.19 bits per heavy atom. The van der Waals surface area contributed by atoms with Gasteiger partial charge in [0.2, 0.25) is 0 Å². The molecule has 1 atom stereocenters. The minimum absolute atomic E-state index is 0.364. The van der Waals surface area contributed by atoms with Gasteiger partial charge in [-0.2, -0.15) is 0 Å². The van der Waals surface area contributed by atoms with E-state index < -0.39 is 0 Å². The first-order valence-electron chi connectivity index (χ1n) is 6.66. The molecule has 16 heavy (non-hydrogen) atoms. The maximum Gasteiger partial charge on any atom is 0.0488 e. The highest BCUT2D eigenvalue weighted by molar-refractivity contribution is 4.75. The van der Waals surface area contributed by atoms with Crippen LogP contribution in [-0.4, -0.2) is 26.3 Å². The van der Waals surface area contributed by atoms with Crippen molar-refractivity contribution in [1.29, 1.82) is 0 Å². The van der Waals surface area contributed by atoms with Crippen LogP contribution < -0.4 is 5.32 Å². The molecule has 0 aromatic heterocycles. The van der Waals surface area contributed by atoms with E-state index in [9.17, 15) is 0 Å². The summed E-state index contributed by atoms with van der Waals surface area (Å²) in [6, 6.07) is 0. The van der Waals surface area contributed by atoms with Gasteiger partial charge < -0.3 is 10.1 Å². The van der Waals surface area contributed by atoms with Crippen molar-refractivity contribution in [2.75, 3.05) is 26.3 Å². The van der Waals surface area contributed by atoms with Gasteiger partial charge in [0.15, 0.2) is 0 Å². The lowest BCUT2D eigenvalue weighted by Gasteiger charge is -2.31. The number of hydrogen-bond acceptors (Lipinski definition) is 2. The van der Waals surface area contributed by atoms with Crippen LogP contribution in [0.2, 0.25) is 0 Å². The zero-order chi connectivity index (χ0) is 12.6. The molecule has 0 amide bonds. The molecule has 0 aliphatic rings. The monoisotopic (exact) mass is 229 g/mol. The smallest absolute Gasteiger partial charge is 0.0488 e. The van der Waals surface area contributed by atoms with E-state index in [4.69, 9.17) is 4.74 Å². The van der Waals surface area contributed by atoms with E-state index in [0.717, 1.165) is 32.7 Å².